The molecule has 3 heteroatoms. The van der Waals surface area contributed by atoms with Gasteiger partial charge in [-0.05, 0) is 18.6 Å². The van der Waals surface area contributed by atoms with Crippen LogP contribution < -0.4 is 5.32 Å². The van der Waals surface area contributed by atoms with Crippen LogP contribution in [0.3, 0.4) is 0 Å². The van der Waals surface area contributed by atoms with Gasteiger partial charge in [-0.15, -0.1) is 0 Å². The van der Waals surface area contributed by atoms with Crippen LogP contribution in [0.2, 0.25) is 0 Å². The molecule has 0 unspecified atom stereocenters. The molecule has 0 fully saturated rings. The smallest absolute Gasteiger partial charge is 0.305 e. The minimum Gasteiger partial charge on any atom is -0.481 e. The van der Waals surface area contributed by atoms with Crippen molar-refractivity contribution in [3.8, 4) is 0 Å². The van der Waals surface area contributed by atoms with Crippen molar-refractivity contribution in [1.82, 2.24) is 0 Å². The lowest BCUT2D eigenvalue weighted by atomic mass is 9.78. The monoisotopic (exact) mass is 247 g/mol. The fraction of sp³-hybridized carbons (Fsp3) is 0.400. The van der Waals surface area contributed by atoms with Gasteiger partial charge in [-0.1, -0.05) is 44.2 Å². The van der Waals surface area contributed by atoms with Crippen LogP contribution in [-0.2, 0) is 10.2 Å². The number of carboxylic acid groups (broad SMARTS) is 1. The second-order valence-corrected chi connectivity index (χ2v) is 5.02. The first-order valence-electron chi connectivity index (χ1n) is 6.07. The van der Waals surface area contributed by atoms with E-state index in [1.807, 2.05) is 25.1 Å². The van der Waals surface area contributed by atoms with E-state index in [2.05, 4.69) is 31.8 Å². The van der Waals surface area contributed by atoms with Gasteiger partial charge < -0.3 is 10.4 Å². The SMILES string of the molecule is C=C(C)C(C)(C)c1ccccc1NCCC(=O)O. The minimum atomic E-state index is -0.792. The van der Waals surface area contributed by atoms with Crippen LogP contribution in [0.4, 0.5) is 5.69 Å². The number of hydrogen-bond donors (Lipinski definition) is 2. The molecule has 0 aliphatic heterocycles. The molecule has 0 bridgehead atoms. The lowest BCUT2D eigenvalue weighted by Crippen LogP contribution is -2.21. The van der Waals surface area contributed by atoms with Gasteiger partial charge in [0.15, 0.2) is 0 Å². The van der Waals surface area contributed by atoms with Gasteiger partial charge >= 0.3 is 5.97 Å². The van der Waals surface area contributed by atoms with Crippen molar-refractivity contribution >= 4 is 11.7 Å². The summed E-state index contributed by atoms with van der Waals surface area (Å²) in [6.45, 7) is 10.7. The summed E-state index contributed by atoms with van der Waals surface area (Å²) in [6, 6.07) is 7.96. The number of anilines is 1. The molecular weight excluding hydrogens is 226 g/mol. The van der Waals surface area contributed by atoms with Crippen LogP contribution in [0.1, 0.15) is 32.8 Å². The molecule has 0 saturated carbocycles. The van der Waals surface area contributed by atoms with Crippen molar-refractivity contribution in [2.75, 3.05) is 11.9 Å². The molecule has 18 heavy (non-hydrogen) atoms. The van der Waals surface area contributed by atoms with Crippen molar-refractivity contribution in [3.63, 3.8) is 0 Å². The van der Waals surface area contributed by atoms with Gasteiger partial charge in [-0.3, -0.25) is 4.79 Å². The Kier molecular flexibility index (Phi) is 4.54. The molecule has 1 aromatic rings. The fourth-order valence-corrected chi connectivity index (χ4v) is 1.72. The van der Waals surface area contributed by atoms with E-state index in [0.29, 0.717) is 6.54 Å². The number of nitrogens with one attached hydrogen (secondary N) is 1. The second-order valence-electron chi connectivity index (χ2n) is 5.02. The van der Waals surface area contributed by atoms with Crippen LogP contribution in [0, 0.1) is 0 Å². The topological polar surface area (TPSA) is 49.3 Å². The maximum atomic E-state index is 10.5. The molecule has 1 rings (SSSR count). The number of benzene rings is 1. The average Bonchev–Trinajstić information content (AvgIpc) is 2.28. The molecule has 0 aliphatic carbocycles. The van der Waals surface area contributed by atoms with Crippen LogP contribution >= 0.6 is 0 Å². The van der Waals surface area contributed by atoms with Crippen LogP contribution in [-0.4, -0.2) is 17.6 Å². The lowest BCUT2D eigenvalue weighted by molar-refractivity contribution is -0.136. The van der Waals surface area contributed by atoms with E-state index in [-0.39, 0.29) is 11.8 Å². The maximum Gasteiger partial charge on any atom is 0.305 e. The van der Waals surface area contributed by atoms with Crippen molar-refractivity contribution in [2.24, 2.45) is 0 Å². The maximum absolute atomic E-state index is 10.5. The largest absolute Gasteiger partial charge is 0.481 e. The molecule has 98 valence electrons. The molecule has 0 aromatic heterocycles. The number of allylic oxidation sites excluding steroid dienone is 1. The molecular formula is C15H21NO2. The van der Waals surface area contributed by atoms with E-state index in [1.165, 1.54) is 0 Å². The molecule has 0 spiro atoms. The molecule has 0 saturated heterocycles. The number of rotatable bonds is 6. The number of hydrogen-bond acceptors (Lipinski definition) is 2. The number of carboxylic acids is 1. The molecule has 0 amide bonds. The summed E-state index contributed by atoms with van der Waals surface area (Å²) in [5, 5.41) is 11.8. The van der Waals surface area contributed by atoms with Crippen molar-refractivity contribution in [3.05, 3.63) is 42.0 Å². The van der Waals surface area contributed by atoms with Gasteiger partial charge in [-0.25, -0.2) is 0 Å². The van der Waals surface area contributed by atoms with Gasteiger partial charge in [0.05, 0.1) is 6.42 Å². The Balaban J connectivity index is 2.93. The first-order chi connectivity index (χ1) is 8.35. The van der Waals surface area contributed by atoms with Crippen molar-refractivity contribution in [2.45, 2.75) is 32.6 Å². The van der Waals surface area contributed by atoms with Gasteiger partial charge in [0.1, 0.15) is 0 Å². The minimum absolute atomic E-state index is 0.113. The van der Waals surface area contributed by atoms with E-state index in [0.717, 1.165) is 16.8 Å². The normalized spacial score (nSPS) is 11.1. The lowest BCUT2D eigenvalue weighted by Gasteiger charge is -2.28. The molecule has 0 aliphatic rings. The highest BCUT2D eigenvalue weighted by molar-refractivity contribution is 5.67. The molecule has 0 radical (unpaired) electrons. The van der Waals surface area contributed by atoms with Gasteiger partial charge in [-0.2, -0.15) is 0 Å². The fourth-order valence-electron chi connectivity index (χ4n) is 1.72. The van der Waals surface area contributed by atoms with Crippen LogP contribution in [0.25, 0.3) is 0 Å². The molecule has 2 N–H and O–H groups in total. The summed E-state index contributed by atoms with van der Waals surface area (Å²) in [7, 11) is 0. The third kappa shape index (κ3) is 3.36. The summed E-state index contributed by atoms with van der Waals surface area (Å²) in [4.78, 5) is 10.5. The highest BCUT2D eigenvalue weighted by Gasteiger charge is 2.24. The van der Waals surface area contributed by atoms with E-state index in [1.54, 1.807) is 0 Å². The quantitative estimate of drug-likeness (QED) is 0.757. The van der Waals surface area contributed by atoms with Crippen molar-refractivity contribution < 1.29 is 9.90 Å². The van der Waals surface area contributed by atoms with Gasteiger partial charge in [0.25, 0.3) is 0 Å². The first kappa shape index (κ1) is 14.3. The third-order valence-corrected chi connectivity index (χ3v) is 3.32. The number of carbonyl (C=O) groups is 1. The Morgan fingerprint density at radius 3 is 2.56 bits per heavy atom. The Labute approximate surface area is 109 Å². The van der Waals surface area contributed by atoms with E-state index in [9.17, 15) is 4.79 Å². The summed E-state index contributed by atoms with van der Waals surface area (Å²) < 4.78 is 0. The van der Waals surface area contributed by atoms with Crippen LogP contribution in [0.5, 0.6) is 0 Å². The predicted molar refractivity (Wildman–Crippen MR) is 75.0 cm³/mol. The van der Waals surface area contributed by atoms with E-state index in [4.69, 9.17) is 5.11 Å². The average molecular weight is 247 g/mol. The van der Waals surface area contributed by atoms with E-state index < -0.39 is 5.97 Å². The zero-order chi connectivity index (χ0) is 13.8. The van der Waals surface area contributed by atoms with Gasteiger partial charge in [0.2, 0.25) is 0 Å². The Morgan fingerprint density at radius 1 is 1.39 bits per heavy atom. The van der Waals surface area contributed by atoms with Gasteiger partial charge in [0, 0.05) is 17.6 Å². The number of aliphatic carboxylic acids is 1. The summed E-state index contributed by atoms with van der Waals surface area (Å²) in [5.74, 6) is -0.792. The zero-order valence-corrected chi connectivity index (χ0v) is 11.3. The second kappa shape index (κ2) is 5.71. The summed E-state index contributed by atoms with van der Waals surface area (Å²) in [6.07, 6.45) is 0.113. The predicted octanol–water partition coefficient (Wildman–Crippen LogP) is 3.43. The Bertz CT molecular complexity index is 450. The molecule has 1 aromatic carbocycles. The highest BCUT2D eigenvalue weighted by atomic mass is 16.4. The third-order valence-electron chi connectivity index (χ3n) is 3.32. The first-order valence-corrected chi connectivity index (χ1v) is 6.07. The Morgan fingerprint density at radius 2 is 2.00 bits per heavy atom. The summed E-state index contributed by atoms with van der Waals surface area (Å²) in [5.41, 5.74) is 3.07. The number of para-hydroxylation sites is 1. The summed E-state index contributed by atoms with van der Waals surface area (Å²) >= 11 is 0. The molecule has 3 nitrogen and oxygen atoms in total. The standard InChI is InChI=1S/C15H21NO2/c1-11(2)15(3,4)12-7-5-6-8-13(12)16-10-9-14(17)18/h5-8,16H,1,9-10H2,2-4H3,(H,17,18). The van der Waals surface area contributed by atoms with Crippen LogP contribution in [0.15, 0.2) is 36.4 Å². The van der Waals surface area contributed by atoms with E-state index >= 15 is 0 Å². The Hall–Kier alpha value is -1.77. The molecule has 0 atom stereocenters. The zero-order valence-electron chi connectivity index (χ0n) is 11.3. The highest BCUT2D eigenvalue weighted by Crippen LogP contribution is 2.34. The molecule has 0 heterocycles. The van der Waals surface area contributed by atoms with Crippen molar-refractivity contribution in [1.29, 1.82) is 0 Å².